The Morgan fingerprint density at radius 3 is 2.37 bits per heavy atom. The molecule has 0 bridgehead atoms. The van der Waals surface area contributed by atoms with E-state index in [9.17, 15) is 18.8 Å². The summed E-state index contributed by atoms with van der Waals surface area (Å²) in [7, 11) is 0. The Kier molecular flexibility index (Phi) is 5.30. The van der Waals surface area contributed by atoms with Crippen molar-refractivity contribution < 1.29 is 13.6 Å². The lowest BCUT2D eigenvalue weighted by atomic mass is 9.95. The van der Waals surface area contributed by atoms with Crippen LogP contribution in [0.5, 0.6) is 0 Å². The minimum Gasteiger partial charge on any atom is -0.267 e. The van der Waals surface area contributed by atoms with Crippen molar-refractivity contribution >= 4 is 23.2 Å². The van der Waals surface area contributed by atoms with Gasteiger partial charge in [-0.2, -0.15) is 10.4 Å². The van der Waals surface area contributed by atoms with Gasteiger partial charge < -0.3 is 0 Å². The van der Waals surface area contributed by atoms with Crippen LogP contribution in [-0.2, 0) is 0 Å². The number of nitrogens with zero attached hydrogens (tertiary/aromatic N) is 3. The van der Waals surface area contributed by atoms with Crippen molar-refractivity contribution in [3.05, 3.63) is 106 Å². The predicted octanol–water partition coefficient (Wildman–Crippen LogP) is 5.48. The molecule has 7 heteroatoms. The molecule has 0 saturated heterocycles. The van der Waals surface area contributed by atoms with Crippen molar-refractivity contribution in [3.63, 3.8) is 0 Å². The number of nitriles is 1. The van der Waals surface area contributed by atoms with E-state index in [-0.39, 0.29) is 6.42 Å². The second-order valence-corrected chi connectivity index (χ2v) is 7.16. The van der Waals surface area contributed by atoms with Crippen LogP contribution < -0.4 is 0 Å². The molecule has 1 unspecified atom stereocenters. The van der Waals surface area contributed by atoms with Gasteiger partial charge in [0.1, 0.15) is 17.2 Å². The molecule has 4 nitrogen and oxygen atoms in total. The summed E-state index contributed by atoms with van der Waals surface area (Å²) in [4.78, 5) is 13.1. The van der Waals surface area contributed by atoms with Gasteiger partial charge in [-0.15, -0.1) is 0 Å². The highest BCUT2D eigenvalue weighted by molar-refractivity contribution is 6.30. The van der Waals surface area contributed by atoms with Gasteiger partial charge in [0.25, 0.3) is 5.91 Å². The number of hydrogen-bond donors (Lipinski definition) is 0. The van der Waals surface area contributed by atoms with Crippen molar-refractivity contribution in [1.82, 2.24) is 5.01 Å². The van der Waals surface area contributed by atoms with Crippen LogP contribution in [-0.4, -0.2) is 16.6 Å². The molecule has 0 fully saturated rings. The van der Waals surface area contributed by atoms with E-state index < -0.39 is 29.1 Å². The summed E-state index contributed by atoms with van der Waals surface area (Å²) >= 11 is 5.95. The Morgan fingerprint density at radius 1 is 1.03 bits per heavy atom. The topological polar surface area (TPSA) is 56.5 Å². The SMILES string of the molecule is N#Cc1ccccc1C1CC(c2ccc(Cl)cc2)=NN1C(=O)c1c(F)cccc1F. The Hall–Kier alpha value is -3.56. The van der Waals surface area contributed by atoms with Crippen molar-refractivity contribution in [2.75, 3.05) is 0 Å². The van der Waals surface area contributed by atoms with Crippen LogP contribution in [0.4, 0.5) is 8.78 Å². The Bertz CT molecular complexity index is 1180. The standard InChI is InChI=1S/C23H14ClF2N3O/c24-16-10-8-14(9-11-16)20-12-21(17-5-2-1-4-15(17)13-27)29(28-20)23(30)22-18(25)6-3-7-19(22)26/h1-11,21H,12H2. The number of rotatable bonds is 3. The van der Waals surface area contributed by atoms with E-state index in [4.69, 9.17) is 11.6 Å². The van der Waals surface area contributed by atoms with Crippen molar-refractivity contribution in [2.45, 2.75) is 12.5 Å². The highest BCUT2D eigenvalue weighted by Gasteiger charge is 2.36. The minimum atomic E-state index is -0.970. The monoisotopic (exact) mass is 421 g/mol. The number of hydrogen-bond acceptors (Lipinski definition) is 3. The molecule has 1 aliphatic heterocycles. The van der Waals surface area contributed by atoms with Crippen molar-refractivity contribution in [1.29, 1.82) is 5.26 Å². The quantitative estimate of drug-likeness (QED) is 0.562. The minimum absolute atomic E-state index is 0.280. The molecule has 30 heavy (non-hydrogen) atoms. The maximum absolute atomic E-state index is 14.3. The zero-order valence-electron chi connectivity index (χ0n) is 15.5. The van der Waals surface area contributed by atoms with Crippen LogP contribution >= 0.6 is 11.6 Å². The summed E-state index contributed by atoms with van der Waals surface area (Å²) in [5.74, 6) is -2.85. The van der Waals surface area contributed by atoms with Gasteiger partial charge in [-0.05, 0) is 41.5 Å². The summed E-state index contributed by atoms with van der Waals surface area (Å²) in [5.41, 5.74) is 1.51. The maximum atomic E-state index is 14.3. The second-order valence-electron chi connectivity index (χ2n) is 6.72. The van der Waals surface area contributed by atoms with Crippen LogP contribution in [0.3, 0.4) is 0 Å². The molecule has 0 saturated carbocycles. The van der Waals surface area contributed by atoms with Gasteiger partial charge in [0.2, 0.25) is 0 Å². The van der Waals surface area contributed by atoms with Gasteiger partial charge in [-0.3, -0.25) is 4.79 Å². The fraction of sp³-hybridized carbons (Fsp3) is 0.0870. The zero-order chi connectivity index (χ0) is 21.3. The van der Waals surface area contributed by atoms with Gasteiger partial charge >= 0.3 is 0 Å². The summed E-state index contributed by atoms with van der Waals surface area (Å²) in [6.45, 7) is 0. The predicted molar refractivity (Wildman–Crippen MR) is 109 cm³/mol. The third kappa shape index (κ3) is 3.56. The number of benzene rings is 3. The molecule has 0 radical (unpaired) electrons. The average Bonchev–Trinajstić information content (AvgIpc) is 3.19. The summed E-state index contributed by atoms with van der Waals surface area (Å²) in [6.07, 6.45) is 0.280. The number of hydrazone groups is 1. The highest BCUT2D eigenvalue weighted by atomic mass is 35.5. The number of halogens is 3. The molecular weight excluding hydrogens is 408 g/mol. The molecule has 0 spiro atoms. The van der Waals surface area contributed by atoms with E-state index in [0.717, 1.165) is 22.7 Å². The molecule has 148 valence electrons. The third-order valence-electron chi connectivity index (χ3n) is 4.91. The molecule has 1 amide bonds. The molecule has 1 heterocycles. The van der Waals surface area contributed by atoms with Gasteiger partial charge in [0.05, 0.1) is 23.4 Å². The maximum Gasteiger partial charge on any atom is 0.280 e. The number of carbonyl (C=O) groups excluding carboxylic acids is 1. The lowest BCUT2D eigenvalue weighted by molar-refractivity contribution is 0.0701. The Labute approximate surface area is 176 Å². The third-order valence-corrected chi connectivity index (χ3v) is 5.16. The number of amides is 1. The first-order valence-electron chi connectivity index (χ1n) is 9.09. The van der Waals surface area contributed by atoms with E-state index in [1.165, 1.54) is 6.07 Å². The number of carbonyl (C=O) groups is 1. The normalized spacial score (nSPS) is 15.6. The molecule has 0 aliphatic carbocycles. The van der Waals surface area contributed by atoms with Crippen LogP contribution in [0, 0.1) is 23.0 Å². The first-order chi connectivity index (χ1) is 14.5. The van der Waals surface area contributed by atoms with E-state index in [2.05, 4.69) is 11.2 Å². The smallest absolute Gasteiger partial charge is 0.267 e. The van der Waals surface area contributed by atoms with Gasteiger partial charge in [-0.25, -0.2) is 13.8 Å². The molecule has 0 aromatic heterocycles. The fourth-order valence-corrected chi connectivity index (χ4v) is 3.59. The Balaban J connectivity index is 1.82. The molecule has 0 N–H and O–H groups in total. The lowest BCUT2D eigenvalue weighted by Gasteiger charge is -2.23. The largest absolute Gasteiger partial charge is 0.280 e. The van der Waals surface area contributed by atoms with E-state index in [0.29, 0.717) is 21.9 Å². The Morgan fingerprint density at radius 2 is 1.70 bits per heavy atom. The summed E-state index contributed by atoms with van der Waals surface area (Å²) < 4.78 is 28.6. The molecule has 1 aliphatic rings. The molecule has 3 aromatic rings. The second kappa shape index (κ2) is 8.05. The summed E-state index contributed by atoms with van der Waals surface area (Å²) in [6, 6.07) is 18.3. The van der Waals surface area contributed by atoms with Crippen molar-refractivity contribution in [3.8, 4) is 6.07 Å². The van der Waals surface area contributed by atoms with Crippen LogP contribution in [0.25, 0.3) is 0 Å². The molecule has 4 rings (SSSR count). The molecular formula is C23H14ClF2N3O. The van der Waals surface area contributed by atoms with Gasteiger partial charge in [-0.1, -0.05) is 48.0 Å². The van der Waals surface area contributed by atoms with Crippen LogP contribution in [0.15, 0.2) is 71.8 Å². The van der Waals surface area contributed by atoms with Gasteiger partial charge in [0, 0.05) is 11.4 Å². The fourth-order valence-electron chi connectivity index (χ4n) is 3.46. The van der Waals surface area contributed by atoms with Gasteiger partial charge in [0.15, 0.2) is 0 Å². The lowest BCUT2D eigenvalue weighted by Crippen LogP contribution is -2.29. The average molecular weight is 422 g/mol. The van der Waals surface area contributed by atoms with Crippen molar-refractivity contribution in [2.24, 2.45) is 5.10 Å². The molecule has 1 atom stereocenters. The van der Waals surface area contributed by atoms with E-state index in [1.54, 1.807) is 48.5 Å². The molecule has 3 aromatic carbocycles. The van der Waals surface area contributed by atoms with E-state index in [1.807, 2.05) is 0 Å². The van der Waals surface area contributed by atoms with Crippen LogP contribution in [0.2, 0.25) is 5.02 Å². The summed E-state index contributed by atoms with van der Waals surface area (Å²) in [5, 5.41) is 15.5. The van der Waals surface area contributed by atoms with Crippen LogP contribution in [0.1, 0.15) is 39.5 Å². The highest BCUT2D eigenvalue weighted by Crippen LogP contribution is 2.36. The first kappa shape index (κ1) is 19.7. The van der Waals surface area contributed by atoms with E-state index >= 15 is 0 Å². The zero-order valence-corrected chi connectivity index (χ0v) is 16.3. The first-order valence-corrected chi connectivity index (χ1v) is 9.47.